The lowest BCUT2D eigenvalue weighted by molar-refractivity contribution is 0.929. The van der Waals surface area contributed by atoms with Gasteiger partial charge in [0.05, 0.1) is 10.5 Å². The van der Waals surface area contributed by atoms with Crippen LogP contribution < -0.4 is 10.6 Å². The molecular weight excluding hydrogens is 246 g/mol. The quantitative estimate of drug-likeness (QED) is 0.926. The number of anilines is 1. The number of nitrogens with zero attached hydrogens (tertiary/aromatic N) is 2. The molecule has 18 heavy (non-hydrogen) atoms. The number of halogens is 1. The molecule has 0 aliphatic heterocycles. The summed E-state index contributed by atoms with van der Waals surface area (Å²) in [5.74, 6) is 0. The maximum absolute atomic E-state index is 6.32. The molecule has 0 atom stereocenters. The molecule has 0 radical (unpaired) electrons. The Bertz CT molecular complexity index is 579. The number of fused-ring (bicyclic) bond motifs is 1. The lowest BCUT2D eigenvalue weighted by Gasteiger charge is -2.18. The highest BCUT2D eigenvalue weighted by molar-refractivity contribution is 6.36. The van der Waals surface area contributed by atoms with Crippen molar-refractivity contribution < 1.29 is 0 Å². The fourth-order valence-corrected chi connectivity index (χ4v) is 2.34. The predicted molar refractivity (Wildman–Crippen MR) is 78.6 cm³/mol. The summed E-state index contributed by atoms with van der Waals surface area (Å²) in [4.78, 5) is 6.74. The third-order valence-electron chi connectivity index (χ3n) is 3.03. The molecule has 0 saturated carbocycles. The van der Waals surface area contributed by atoms with Crippen molar-refractivity contribution in [2.75, 3.05) is 25.5 Å². The molecule has 2 aromatic rings. The summed E-state index contributed by atoms with van der Waals surface area (Å²) in [6.45, 7) is 2.66. The van der Waals surface area contributed by atoms with Crippen molar-refractivity contribution in [3.8, 4) is 0 Å². The van der Waals surface area contributed by atoms with E-state index >= 15 is 0 Å². The van der Waals surface area contributed by atoms with Crippen LogP contribution in [0.4, 0.5) is 5.69 Å². The number of rotatable bonds is 3. The van der Waals surface area contributed by atoms with Crippen LogP contribution in [0, 0.1) is 6.92 Å². The molecule has 96 valence electrons. The van der Waals surface area contributed by atoms with Crippen LogP contribution in [0.2, 0.25) is 5.02 Å². The molecule has 1 aromatic heterocycles. The zero-order chi connectivity index (χ0) is 13.3. The van der Waals surface area contributed by atoms with E-state index in [1.807, 2.05) is 26.2 Å². The molecule has 0 amide bonds. The summed E-state index contributed by atoms with van der Waals surface area (Å²) >= 11 is 6.32. The highest BCUT2D eigenvalue weighted by Crippen LogP contribution is 2.33. The van der Waals surface area contributed by atoms with Gasteiger partial charge in [-0.1, -0.05) is 17.7 Å². The third kappa shape index (κ3) is 2.28. The van der Waals surface area contributed by atoms with Crippen LogP contribution in [0.1, 0.15) is 11.3 Å². The molecule has 0 saturated heterocycles. The van der Waals surface area contributed by atoms with Gasteiger partial charge in [-0.05, 0) is 31.2 Å². The van der Waals surface area contributed by atoms with Gasteiger partial charge in [-0.2, -0.15) is 0 Å². The molecule has 1 heterocycles. The number of hydrogen-bond donors (Lipinski definition) is 1. The maximum Gasteiger partial charge on any atom is 0.0770 e. The van der Waals surface area contributed by atoms with Crippen molar-refractivity contribution in [1.82, 2.24) is 4.98 Å². The first-order chi connectivity index (χ1) is 8.54. The lowest BCUT2D eigenvalue weighted by atomic mass is 10.1. The average Bonchev–Trinajstić information content (AvgIpc) is 2.33. The van der Waals surface area contributed by atoms with Crippen molar-refractivity contribution in [2.24, 2.45) is 5.73 Å². The van der Waals surface area contributed by atoms with Crippen LogP contribution in [-0.2, 0) is 6.42 Å². The van der Waals surface area contributed by atoms with Crippen LogP contribution in [-0.4, -0.2) is 25.6 Å². The van der Waals surface area contributed by atoms with E-state index in [9.17, 15) is 0 Å². The molecule has 0 aliphatic rings. The lowest BCUT2D eigenvalue weighted by Crippen LogP contribution is -2.12. The molecule has 0 bridgehead atoms. The molecule has 1 aromatic carbocycles. The van der Waals surface area contributed by atoms with E-state index in [0.717, 1.165) is 39.3 Å². The predicted octanol–water partition coefficient (Wildman–Crippen LogP) is 2.76. The largest absolute Gasteiger partial charge is 0.377 e. The van der Waals surface area contributed by atoms with Gasteiger partial charge < -0.3 is 10.6 Å². The Morgan fingerprint density at radius 2 is 2.06 bits per heavy atom. The second-order valence-electron chi connectivity index (χ2n) is 4.65. The topological polar surface area (TPSA) is 42.1 Å². The molecule has 0 fully saturated rings. The van der Waals surface area contributed by atoms with Gasteiger partial charge in [-0.15, -0.1) is 0 Å². The van der Waals surface area contributed by atoms with Crippen molar-refractivity contribution in [1.29, 1.82) is 0 Å². The smallest absolute Gasteiger partial charge is 0.0770 e. The number of aryl methyl sites for hydroxylation is 1. The maximum atomic E-state index is 6.32. The van der Waals surface area contributed by atoms with E-state index < -0.39 is 0 Å². The Labute approximate surface area is 113 Å². The van der Waals surface area contributed by atoms with Gasteiger partial charge in [-0.3, -0.25) is 4.98 Å². The van der Waals surface area contributed by atoms with E-state index in [0.29, 0.717) is 6.54 Å². The number of nitrogens with two attached hydrogens (primary N) is 1. The normalized spacial score (nSPS) is 10.9. The minimum atomic E-state index is 0.602. The van der Waals surface area contributed by atoms with E-state index in [2.05, 4.69) is 22.9 Å². The Hall–Kier alpha value is -1.32. The van der Waals surface area contributed by atoms with Gasteiger partial charge in [-0.25, -0.2) is 0 Å². The minimum Gasteiger partial charge on any atom is -0.377 e. The fraction of sp³-hybridized carbons (Fsp3) is 0.357. The van der Waals surface area contributed by atoms with Gasteiger partial charge in [0, 0.05) is 37.3 Å². The highest BCUT2D eigenvalue weighted by atomic mass is 35.5. The van der Waals surface area contributed by atoms with Gasteiger partial charge in [0.25, 0.3) is 0 Å². The molecule has 2 N–H and O–H groups in total. The second-order valence-corrected chi connectivity index (χ2v) is 5.06. The van der Waals surface area contributed by atoms with Crippen molar-refractivity contribution in [3.63, 3.8) is 0 Å². The van der Waals surface area contributed by atoms with Gasteiger partial charge >= 0.3 is 0 Å². The Morgan fingerprint density at radius 1 is 1.33 bits per heavy atom. The van der Waals surface area contributed by atoms with Crippen LogP contribution in [0.25, 0.3) is 10.9 Å². The van der Waals surface area contributed by atoms with Crippen molar-refractivity contribution in [3.05, 3.63) is 34.5 Å². The first kappa shape index (κ1) is 13.1. The molecule has 0 aliphatic carbocycles. The van der Waals surface area contributed by atoms with Crippen LogP contribution in [0.5, 0.6) is 0 Å². The molecule has 0 spiro atoms. The number of benzene rings is 1. The Kier molecular flexibility index (Phi) is 3.73. The Morgan fingerprint density at radius 3 is 2.67 bits per heavy atom. The number of hydrogen-bond acceptors (Lipinski definition) is 3. The second kappa shape index (κ2) is 5.12. The third-order valence-corrected chi connectivity index (χ3v) is 3.34. The van der Waals surface area contributed by atoms with Crippen LogP contribution in [0.3, 0.4) is 0 Å². The first-order valence-electron chi connectivity index (χ1n) is 6.00. The average molecular weight is 264 g/mol. The number of pyridine rings is 1. The van der Waals surface area contributed by atoms with E-state index in [1.165, 1.54) is 0 Å². The van der Waals surface area contributed by atoms with Crippen LogP contribution in [0.15, 0.2) is 18.2 Å². The molecule has 2 rings (SSSR count). The summed E-state index contributed by atoms with van der Waals surface area (Å²) in [6.07, 6.45) is 0.780. The fourth-order valence-electron chi connectivity index (χ4n) is 2.09. The van der Waals surface area contributed by atoms with Gasteiger partial charge in [0.1, 0.15) is 0 Å². The monoisotopic (exact) mass is 263 g/mol. The molecular formula is C14H18ClN3. The summed E-state index contributed by atoms with van der Waals surface area (Å²) in [6, 6.07) is 6.00. The van der Waals surface area contributed by atoms with Gasteiger partial charge in [0.2, 0.25) is 0 Å². The van der Waals surface area contributed by atoms with E-state index in [-0.39, 0.29) is 0 Å². The molecule has 4 heteroatoms. The zero-order valence-electron chi connectivity index (χ0n) is 11.0. The SMILES string of the molecule is Cc1ccc(Cl)c2c(N(C)C)cc(CCN)nc12. The summed E-state index contributed by atoms with van der Waals surface area (Å²) in [5, 5.41) is 1.76. The summed E-state index contributed by atoms with van der Waals surface area (Å²) in [5.41, 5.74) is 9.83. The number of aromatic nitrogens is 1. The van der Waals surface area contributed by atoms with E-state index in [1.54, 1.807) is 0 Å². The standard InChI is InChI=1S/C14H18ClN3/c1-9-4-5-11(15)13-12(18(2)3)8-10(6-7-16)17-14(9)13/h4-5,8H,6-7,16H2,1-3H3. The minimum absolute atomic E-state index is 0.602. The summed E-state index contributed by atoms with van der Waals surface area (Å²) < 4.78 is 0. The first-order valence-corrected chi connectivity index (χ1v) is 6.38. The van der Waals surface area contributed by atoms with Crippen LogP contribution >= 0.6 is 11.6 Å². The van der Waals surface area contributed by atoms with Crippen molar-refractivity contribution >= 4 is 28.2 Å². The molecule has 3 nitrogen and oxygen atoms in total. The molecule has 0 unspecified atom stereocenters. The highest BCUT2D eigenvalue weighted by Gasteiger charge is 2.12. The van der Waals surface area contributed by atoms with Crippen molar-refractivity contribution in [2.45, 2.75) is 13.3 Å². The van der Waals surface area contributed by atoms with E-state index in [4.69, 9.17) is 17.3 Å². The Balaban J connectivity index is 2.81. The zero-order valence-corrected chi connectivity index (χ0v) is 11.8. The van der Waals surface area contributed by atoms with Gasteiger partial charge in [0.15, 0.2) is 0 Å². The summed E-state index contributed by atoms with van der Waals surface area (Å²) in [7, 11) is 4.03.